The summed E-state index contributed by atoms with van der Waals surface area (Å²) >= 11 is 1.68. The summed E-state index contributed by atoms with van der Waals surface area (Å²) in [5.74, 6) is 0.383. The number of hydrogen-bond acceptors (Lipinski definition) is 5. The summed E-state index contributed by atoms with van der Waals surface area (Å²) in [6.07, 6.45) is 0.738. The maximum Gasteiger partial charge on any atom is 0.329 e. The lowest BCUT2D eigenvalue weighted by Gasteiger charge is -2.33. The molecular weight excluding hydrogens is 445 g/mol. The van der Waals surface area contributed by atoms with Gasteiger partial charge in [0, 0.05) is 5.39 Å². The summed E-state index contributed by atoms with van der Waals surface area (Å²) in [6.45, 7) is 0.332. The molecular formula is C25H24FNO5S. The van der Waals surface area contributed by atoms with E-state index in [9.17, 15) is 19.1 Å². The largest absolute Gasteiger partial charge is 0.490 e. The fourth-order valence-corrected chi connectivity index (χ4v) is 5.00. The molecule has 1 aliphatic heterocycles. The van der Waals surface area contributed by atoms with Gasteiger partial charge in [-0.3, -0.25) is 4.79 Å². The van der Waals surface area contributed by atoms with E-state index in [0.717, 1.165) is 10.8 Å². The first kappa shape index (κ1) is 22.9. The van der Waals surface area contributed by atoms with Crippen molar-refractivity contribution in [2.45, 2.75) is 18.4 Å². The molecule has 3 aromatic rings. The third kappa shape index (κ3) is 5.22. The monoisotopic (exact) mass is 469 g/mol. The topological polar surface area (TPSA) is 84.9 Å². The highest BCUT2D eigenvalue weighted by Crippen LogP contribution is 2.32. The molecule has 0 saturated carbocycles. The van der Waals surface area contributed by atoms with Gasteiger partial charge in [-0.05, 0) is 60.1 Å². The maximum absolute atomic E-state index is 13.2. The van der Waals surface area contributed by atoms with Crippen LogP contribution in [0.25, 0.3) is 10.8 Å². The van der Waals surface area contributed by atoms with Crippen LogP contribution >= 0.6 is 11.8 Å². The van der Waals surface area contributed by atoms with Crippen molar-refractivity contribution in [3.8, 4) is 11.5 Å². The van der Waals surface area contributed by atoms with Crippen LogP contribution in [0.5, 0.6) is 11.5 Å². The molecule has 1 saturated heterocycles. The van der Waals surface area contributed by atoms with Gasteiger partial charge in [0.15, 0.2) is 0 Å². The average molecular weight is 470 g/mol. The lowest BCUT2D eigenvalue weighted by molar-refractivity contribution is -0.144. The van der Waals surface area contributed by atoms with Crippen molar-refractivity contribution < 1.29 is 28.6 Å². The number of amides is 1. The van der Waals surface area contributed by atoms with Crippen LogP contribution in [0, 0.1) is 5.82 Å². The molecule has 1 fully saturated rings. The number of benzene rings is 3. The number of thioether (sulfide) groups is 1. The maximum atomic E-state index is 13.2. The third-order valence-corrected chi connectivity index (χ3v) is 6.63. The number of carboxylic acids is 1. The molecule has 8 heteroatoms. The molecule has 6 nitrogen and oxygen atoms in total. The van der Waals surface area contributed by atoms with E-state index >= 15 is 0 Å². The van der Waals surface area contributed by atoms with Gasteiger partial charge in [-0.25, -0.2) is 9.18 Å². The summed E-state index contributed by atoms with van der Waals surface area (Å²) in [6, 6.07) is 16.7. The Hall–Kier alpha value is -3.26. The first-order valence-corrected chi connectivity index (χ1v) is 11.8. The quantitative estimate of drug-likeness (QED) is 0.472. The van der Waals surface area contributed by atoms with Gasteiger partial charge in [-0.1, -0.05) is 30.3 Å². The molecule has 0 bridgehead atoms. The molecule has 172 valence electrons. The van der Waals surface area contributed by atoms with E-state index in [1.165, 1.54) is 24.3 Å². The van der Waals surface area contributed by atoms with Gasteiger partial charge >= 0.3 is 5.97 Å². The van der Waals surface area contributed by atoms with Crippen LogP contribution in [0.15, 0.2) is 60.7 Å². The predicted molar refractivity (Wildman–Crippen MR) is 126 cm³/mol. The summed E-state index contributed by atoms with van der Waals surface area (Å²) in [5.41, 5.74) is -1.01. The number of hydrogen-bond donors (Lipinski definition) is 2. The van der Waals surface area contributed by atoms with E-state index in [-0.39, 0.29) is 24.6 Å². The Balaban J connectivity index is 1.54. The molecule has 0 unspecified atom stereocenters. The van der Waals surface area contributed by atoms with Crippen molar-refractivity contribution in [1.82, 2.24) is 5.32 Å². The van der Waals surface area contributed by atoms with E-state index in [1.807, 2.05) is 30.3 Å². The fraction of sp³-hybridized carbons (Fsp3) is 0.280. The highest BCUT2D eigenvalue weighted by atomic mass is 32.2. The second-order valence-electron chi connectivity index (χ2n) is 7.77. The van der Waals surface area contributed by atoms with E-state index in [0.29, 0.717) is 35.8 Å². The minimum Gasteiger partial charge on any atom is -0.490 e. The zero-order valence-corrected chi connectivity index (χ0v) is 18.7. The van der Waals surface area contributed by atoms with Crippen molar-refractivity contribution in [3.05, 3.63) is 72.0 Å². The second kappa shape index (κ2) is 10.1. The number of carboxylic acid groups (broad SMARTS) is 1. The minimum absolute atomic E-state index is 0.145. The molecule has 33 heavy (non-hydrogen) atoms. The van der Waals surface area contributed by atoms with E-state index < -0.39 is 17.4 Å². The molecule has 1 aliphatic rings. The van der Waals surface area contributed by atoms with Crippen molar-refractivity contribution in [1.29, 1.82) is 0 Å². The van der Waals surface area contributed by atoms with Crippen LogP contribution < -0.4 is 14.8 Å². The molecule has 1 heterocycles. The van der Waals surface area contributed by atoms with Crippen LogP contribution in [0.4, 0.5) is 4.39 Å². The number of carbonyl (C=O) groups excluding carboxylic acids is 1. The first-order chi connectivity index (χ1) is 16.0. The highest BCUT2D eigenvalue weighted by molar-refractivity contribution is 7.99. The lowest BCUT2D eigenvalue weighted by atomic mass is 9.91. The number of rotatable bonds is 8. The first-order valence-electron chi connectivity index (χ1n) is 10.7. The van der Waals surface area contributed by atoms with Crippen molar-refractivity contribution in [2.24, 2.45) is 0 Å². The molecule has 3 aromatic carbocycles. The zero-order valence-electron chi connectivity index (χ0n) is 17.9. The van der Waals surface area contributed by atoms with Crippen LogP contribution in [-0.2, 0) is 4.79 Å². The van der Waals surface area contributed by atoms with Crippen molar-refractivity contribution >= 4 is 34.4 Å². The molecule has 0 atom stereocenters. The molecule has 0 aromatic heterocycles. The van der Waals surface area contributed by atoms with Crippen LogP contribution in [-0.4, -0.2) is 47.2 Å². The molecule has 0 radical (unpaired) electrons. The second-order valence-corrected chi connectivity index (χ2v) is 8.99. The molecule has 1 amide bonds. The number of aliphatic carboxylic acids is 1. The normalized spacial score (nSPS) is 15.1. The van der Waals surface area contributed by atoms with Crippen LogP contribution in [0.3, 0.4) is 0 Å². The summed E-state index contributed by atoms with van der Waals surface area (Å²) in [4.78, 5) is 25.3. The van der Waals surface area contributed by atoms with Crippen molar-refractivity contribution in [2.75, 3.05) is 24.7 Å². The number of nitrogens with one attached hydrogen (secondary N) is 1. The van der Waals surface area contributed by atoms with Crippen LogP contribution in [0.1, 0.15) is 23.2 Å². The van der Waals surface area contributed by atoms with E-state index in [1.54, 1.807) is 17.8 Å². The number of fused-ring (bicyclic) bond motifs is 1. The number of carbonyl (C=O) groups is 2. The van der Waals surface area contributed by atoms with Gasteiger partial charge in [0.2, 0.25) is 0 Å². The Morgan fingerprint density at radius 3 is 2.39 bits per heavy atom. The fourth-order valence-electron chi connectivity index (χ4n) is 3.81. The van der Waals surface area contributed by atoms with Gasteiger partial charge in [-0.15, -0.1) is 0 Å². The molecule has 4 rings (SSSR count). The number of ether oxygens (including phenoxy) is 2. The Labute approximate surface area is 195 Å². The lowest BCUT2D eigenvalue weighted by Crippen LogP contribution is -2.56. The van der Waals surface area contributed by atoms with Gasteiger partial charge in [0.25, 0.3) is 5.91 Å². The Morgan fingerprint density at radius 2 is 1.67 bits per heavy atom. The standard InChI is InChI=1S/C25H24FNO5S/c26-18-6-8-19(9-7-18)31-13-14-32-22-20-4-2-1-3-17(20)5-10-21(22)23(28)27-25(24(29)30)11-15-33-16-12-25/h1-10H,11-16H2,(H,27,28)(H,29,30). The van der Waals surface area contributed by atoms with Gasteiger partial charge in [-0.2, -0.15) is 11.8 Å². The minimum atomic E-state index is -1.28. The summed E-state index contributed by atoms with van der Waals surface area (Å²) in [7, 11) is 0. The molecule has 0 aliphatic carbocycles. The van der Waals surface area contributed by atoms with Gasteiger partial charge < -0.3 is 19.9 Å². The third-order valence-electron chi connectivity index (χ3n) is 5.64. The van der Waals surface area contributed by atoms with E-state index in [4.69, 9.17) is 9.47 Å². The molecule has 0 spiro atoms. The van der Waals surface area contributed by atoms with Gasteiger partial charge in [0.05, 0.1) is 5.56 Å². The SMILES string of the molecule is O=C(NC1(C(=O)O)CCSCC1)c1ccc2ccccc2c1OCCOc1ccc(F)cc1. The number of halogens is 1. The molecule has 2 N–H and O–H groups in total. The van der Waals surface area contributed by atoms with Gasteiger partial charge in [0.1, 0.15) is 36.1 Å². The van der Waals surface area contributed by atoms with Crippen LogP contribution in [0.2, 0.25) is 0 Å². The average Bonchev–Trinajstić information content (AvgIpc) is 2.83. The van der Waals surface area contributed by atoms with Crippen molar-refractivity contribution in [3.63, 3.8) is 0 Å². The predicted octanol–water partition coefficient (Wildman–Crippen LogP) is 4.52. The van der Waals surface area contributed by atoms with E-state index in [2.05, 4.69) is 5.32 Å². The smallest absolute Gasteiger partial charge is 0.329 e. The summed E-state index contributed by atoms with van der Waals surface area (Å²) < 4.78 is 24.6. The Kier molecular flexibility index (Phi) is 7.03. The Bertz CT molecular complexity index is 1150. The highest BCUT2D eigenvalue weighted by Gasteiger charge is 2.41. The zero-order chi connectivity index (χ0) is 23.3. The Morgan fingerprint density at radius 1 is 0.970 bits per heavy atom. The summed E-state index contributed by atoms with van der Waals surface area (Å²) in [5, 5.41) is 14.2.